The van der Waals surface area contributed by atoms with Crippen LogP contribution in [0.25, 0.3) is 0 Å². The molecule has 0 bridgehead atoms. The molecule has 0 amide bonds. The number of ether oxygens (including phenoxy) is 2. The summed E-state index contributed by atoms with van der Waals surface area (Å²) in [4.78, 5) is 33.4. The zero-order valence-electron chi connectivity index (χ0n) is 19.1. The molecule has 0 aliphatic carbocycles. The van der Waals surface area contributed by atoms with Crippen molar-refractivity contribution in [3.63, 3.8) is 0 Å². The van der Waals surface area contributed by atoms with E-state index in [-0.39, 0.29) is 50.0 Å². The van der Waals surface area contributed by atoms with E-state index in [0.717, 1.165) is 5.56 Å². The first-order valence-electron chi connectivity index (χ1n) is 10.9. The van der Waals surface area contributed by atoms with Crippen LogP contribution in [0.2, 0.25) is 0 Å². The Bertz CT molecular complexity index is 1090. The number of carbonyl (C=O) groups is 1. The summed E-state index contributed by atoms with van der Waals surface area (Å²) in [6, 6.07) is 10.9. The highest BCUT2D eigenvalue weighted by Crippen LogP contribution is 2.33. The summed E-state index contributed by atoms with van der Waals surface area (Å²) in [7, 11) is 0. The number of hydrogen-bond donors (Lipinski definition) is 1. The summed E-state index contributed by atoms with van der Waals surface area (Å²) in [6.07, 6.45) is 2.79. The molecule has 0 aliphatic rings. The second-order valence-corrected chi connectivity index (χ2v) is 7.10. The lowest BCUT2D eigenvalue weighted by Crippen LogP contribution is -2.28. The molecule has 1 aromatic carbocycles. The van der Waals surface area contributed by atoms with Gasteiger partial charge in [0.05, 0.1) is 37.4 Å². The van der Waals surface area contributed by atoms with Gasteiger partial charge in [0.2, 0.25) is 11.6 Å². The van der Waals surface area contributed by atoms with Crippen LogP contribution in [0.5, 0.6) is 5.75 Å². The smallest absolute Gasteiger partial charge is 0.353 e. The molecule has 3 rings (SSSR count). The quantitative estimate of drug-likeness (QED) is 0.223. The van der Waals surface area contributed by atoms with Crippen molar-refractivity contribution in [2.24, 2.45) is 0 Å². The summed E-state index contributed by atoms with van der Waals surface area (Å²) in [5.74, 6) is 0.970. The van der Waals surface area contributed by atoms with E-state index in [1.54, 1.807) is 24.0 Å². The molecule has 0 radical (unpaired) electrons. The van der Waals surface area contributed by atoms with Gasteiger partial charge < -0.3 is 24.1 Å². The van der Waals surface area contributed by atoms with Crippen LogP contribution in [0.3, 0.4) is 0 Å². The van der Waals surface area contributed by atoms with E-state index < -0.39 is 10.9 Å². The Morgan fingerprint density at radius 1 is 1.18 bits per heavy atom. The minimum atomic E-state index is -0.536. The fourth-order valence-corrected chi connectivity index (χ4v) is 3.33. The fraction of sp³-hybridized carbons (Fsp3) is 0.348. The SMILES string of the molecule is CCOC(=O)CCN(Cc1ccco1)c1ncnc(NCc2ccccc2OCC)c1[N+](=O)[O-]. The lowest BCUT2D eigenvalue weighted by molar-refractivity contribution is -0.383. The molecule has 0 saturated carbocycles. The van der Waals surface area contributed by atoms with Gasteiger partial charge in [-0.1, -0.05) is 18.2 Å². The molecule has 0 saturated heterocycles. The molecule has 0 spiro atoms. The van der Waals surface area contributed by atoms with Crippen LogP contribution in [0, 0.1) is 10.1 Å². The molecule has 2 heterocycles. The minimum absolute atomic E-state index is 0.0280. The molecule has 11 nitrogen and oxygen atoms in total. The van der Waals surface area contributed by atoms with Crippen molar-refractivity contribution in [2.75, 3.05) is 30.0 Å². The molecule has 3 aromatic rings. The van der Waals surface area contributed by atoms with E-state index in [9.17, 15) is 14.9 Å². The number of esters is 1. The first kappa shape index (κ1) is 24.5. The van der Waals surface area contributed by atoms with Gasteiger partial charge in [0.15, 0.2) is 0 Å². The lowest BCUT2D eigenvalue weighted by atomic mass is 10.2. The number of rotatable bonds is 13. The monoisotopic (exact) mass is 469 g/mol. The average molecular weight is 469 g/mol. The third-order valence-corrected chi connectivity index (χ3v) is 4.82. The molecule has 2 aromatic heterocycles. The van der Waals surface area contributed by atoms with Gasteiger partial charge >= 0.3 is 11.7 Å². The molecule has 0 unspecified atom stereocenters. The van der Waals surface area contributed by atoms with Crippen molar-refractivity contribution >= 4 is 23.3 Å². The Kier molecular flexibility index (Phi) is 8.78. The second kappa shape index (κ2) is 12.2. The Labute approximate surface area is 196 Å². The molecule has 0 aliphatic heterocycles. The normalized spacial score (nSPS) is 10.5. The average Bonchev–Trinajstić information content (AvgIpc) is 3.34. The molecule has 11 heteroatoms. The van der Waals surface area contributed by atoms with E-state index in [4.69, 9.17) is 13.9 Å². The standard InChI is InChI=1S/C23H27N5O6/c1-3-32-19-10-6-5-8-17(19)14-24-22-21(28(30)31)23(26-16-25-22)27(12-11-20(29)33-4-2)15-18-9-7-13-34-18/h5-10,13,16H,3-4,11-12,14-15H2,1-2H3,(H,24,25,26). The number of carbonyl (C=O) groups excluding carboxylic acids is 1. The summed E-state index contributed by atoms with van der Waals surface area (Å²) in [5.41, 5.74) is 0.528. The van der Waals surface area contributed by atoms with Gasteiger partial charge in [-0.2, -0.15) is 0 Å². The van der Waals surface area contributed by atoms with Crippen LogP contribution in [0.1, 0.15) is 31.6 Å². The van der Waals surface area contributed by atoms with Gasteiger partial charge in [0.25, 0.3) is 0 Å². The summed E-state index contributed by atoms with van der Waals surface area (Å²) in [6.45, 7) is 4.93. The van der Waals surface area contributed by atoms with Crippen molar-refractivity contribution in [1.82, 2.24) is 9.97 Å². The lowest BCUT2D eigenvalue weighted by Gasteiger charge is -2.22. The highest BCUT2D eigenvalue weighted by atomic mass is 16.6. The zero-order chi connectivity index (χ0) is 24.3. The number of furan rings is 1. The van der Waals surface area contributed by atoms with Crippen LogP contribution < -0.4 is 15.0 Å². The van der Waals surface area contributed by atoms with Gasteiger partial charge in [-0.3, -0.25) is 14.9 Å². The zero-order valence-corrected chi connectivity index (χ0v) is 19.1. The number of benzene rings is 1. The number of nitrogens with one attached hydrogen (secondary N) is 1. The van der Waals surface area contributed by atoms with E-state index >= 15 is 0 Å². The topological polar surface area (TPSA) is 133 Å². The molecule has 0 atom stereocenters. The van der Waals surface area contributed by atoms with Gasteiger partial charge in [-0.15, -0.1) is 0 Å². The number of hydrogen-bond acceptors (Lipinski definition) is 10. The molecule has 34 heavy (non-hydrogen) atoms. The van der Waals surface area contributed by atoms with Crippen molar-refractivity contribution in [1.29, 1.82) is 0 Å². The summed E-state index contributed by atoms with van der Waals surface area (Å²) < 4.78 is 16.0. The van der Waals surface area contributed by atoms with Gasteiger partial charge in [0, 0.05) is 18.7 Å². The number of nitro groups is 1. The van der Waals surface area contributed by atoms with E-state index in [1.165, 1.54) is 12.6 Å². The molecular weight excluding hydrogens is 442 g/mol. The third-order valence-electron chi connectivity index (χ3n) is 4.82. The molecular formula is C23H27N5O6. The molecule has 1 N–H and O–H groups in total. The summed E-state index contributed by atoms with van der Waals surface area (Å²) >= 11 is 0. The van der Waals surface area contributed by atoms with Crippen LogP contribution in [-0.2, 0) is 22.6 Å². The number of anilines is 2. The van der Waals surface area contributed by atoms with E-state index in [1.807, 2.05) is 31.2 Å². The number of nitrogens with zero attached hydrogens (tertiary/aromatic N) is 4. The predicted octanol–water partition coefficient (Wildman–Crippen LogP) is 3.95. The Balaban J connectivity index is 1.89. The number of para-hydroxylation sites is 1. The maximum Gasteiger partial charge on any atom is 0.353 e. The van der Waals surface area contributed by atoms with Gasteiger partial charge in [-0.05, 0) is 32.0 Å². The molecule has 0 fully saturated rings. The third kappa shape index (κ3) is 6.44. The Morgan fingerprint density at radius 3 is 2.71 bits per heavy atom. The highest BCUT2D eigenvalue weighted by Gasteiger charge is 2.28. The second-order valence-electron chi connectivity index (χ2n) is 7.10. The van der Waals surface area contributed by atoms with Crippen molar-refractivity contribution < 1.29 is 23.6 Å². The van der Waals surface area contributed by atoms with E-state index in [2.05, 4.69) is 15.3 Å². The van der Waals surface area contributed by atoms with Crippen molar-refractivity contribution in [2.45, 2.75) is 33.4 Å². The Hall–Kier alpha value is -4.15. The predicted molar refractivity (Wildman–Crippen MR) is 125 cm³/mol. The highest BCUT2D eigenvalue weighted by molar-refractivity contribution is 5.73. The van der Waals surface area contributed by atoms with Crippen molar-refractivity contribution in [3.8, 4) is 5.75 Å². The minimum Gasteiger partial charge on any atom is -0.494 e. The summed E-state index contributed by atoms with van der Waals surface area (Å²) in [5, 5.41) is 15.1. The van der Waals surface area contributed by atoms with Crippen LogP contribution in [-0.4, -0.2) is 40.6 Å². The Morgan fingerprint density at radius 2 is 2.00 bits per heavy atom. The maximum absolute atomic E-state index is 12.1. The van der Waals surface area contributed by atoms with Gasteiger partial charge in [0.1, 0.15) is 17.8 Å². The van der Waals surface area contributed by atoms with Crippen molar-refractivity contribution in [3.05, 3.63) is 70.4 Å². The van der Waals surface area contributed by atoms with E-state index in [0.29, 0.717) is 18.1 Å². The van der Waals surface area contributed by atoms with Gasteiger partial charge in [-0.25, -0.2) is 9.97 Å². The van der Waals surface area contributed by atoms with Crippen LogP contribution in [0.4, 0.5) is 17.3 Å². The fourth-order valence-electron chi connectivity index (χ4n) is 3.33. The first-order chi connectivity index (χ1) is 16.5. The maximum atomic E-state index is 12.1. The van der Waals surface area contributed by atoms with Crippen LogP contribution in [0.15, 0.2) is 53.4 Å². The first-order valence-corrected chi connectivity index (χ1v) is 10.9. The van der Waals surface area contributed by atoms with Crippen LogP contribution >= 0.6 is 0 Å². The molecule has 180 valence electrons. The largest absolute Gasteiger partial charge is 0.494 e. The number of aromatic nitrogens is 2.